The standard InChI is InChI=1S/C23H24N6O3S/c1-14-12-25-20(13-24-14)21(30)28-22-26-18-10-9-17(11-19(18)27-22)33(31,32)29-16-7-5-15(6-8-16)23(2,3)4/h5-13,29H,1-4H3,(H2,26,27,28,30). The Hall–Kier alpha value is -3.79. The SMILES string of the molecule is Cc1cnc(C(=O)Nc2nc3ccc(S(=O)(=O)Nc4ccc(C(C)(C)C)cc4)cc3[nH]2)cn1. The molecule has 0 radical (unpaired) electrons. The molecule has 0 spiro atoms. The number of carbonyl (C=O) groups is 1. The Kier molecular flexibility index (Phi) is 5.62. The van der Waals surface area contributed by atoms with Crippen molar-refractivity contribution in [2.75, 3.05) is 10.0 Å². The van der Waals surface area contributed by atoms with Crippen LogP contribution >= 0.6 is 0 Å². The Morgan fingerprint density at radius 3 is 2.36 bits per heavy atom. The van der Waals surface area contributed by atoms with E-state index >= 15 is 0 Å². The highest BCUT2D eigenvalue weighted by molar-refractivity contribution is 7.92. The van der Waals surface area contributed by atoms with Gasteiger partial charge in [-0.05, 0) is 48.2 Å². The first-order valence-corrected chi connectivity index (χ1v) is 11.7. The van der Waals surface area contributed by atoms with Crippen molar-refractivity contribution in [2.45, 2.75) is 38.0 Å². The summed E-state index contributed by atoms with van der Waals surface area (Å²) in [4.78, 5) is 27.7. The maximum absolute atomic E-state index is 12.9. The van der Waals surface area contributed by atoms with E-state index < -0.39 is 15.9 Å². The maximum Gasteiger partial charge on any atom is 0.278 e. The van der Waals surface area contributed by atoms with Crippen LogP contribution in [-0.2, 0) is 15.4 Å². The van der Waals surface area contributed by atoms with Gasteiger partial charge < -0.3 is 4.98 Å². The van der Waals surface area contributed by atoms with Crippen molar-refractivity contribution in [1.82, 2.24) is 19.9 Å². The zero-order valence-electron chi connectivity index (χ0n) is 18.7. The molecule has 2 aromatic heterocycles. The van der Waals surface area contributed by atoms with Crippen molar-refractivity contribution < 1.29 is 13.2 Å². The van der Waals surface area contributed by atoms with E-state index in [0.717, 1.165) is 5.56 Å². The Morgan fingerprint density at radius 2 is 1.73 bits per heavy atom. The van der Waals surface area contributed by atoms with E-state index in [-0.39, 0.29) is 22.0 Å². The molecule has 0 atom stereocenters. The molecule has 4 aromatic rings. The summed E-state index contributed by atoms with van der Waals surface area (Å²) in [5.74, 6) is -0.299. The van der Waals surface area contributed by atoms with Gasteiger partial charge in [-0.3, -0.25) is 19.8 Å². The molecule has 1 amide bonds. The number of fused-ring (bicyclic) bond motifs is 1. The number of anilines is 2. The van der Waals surface area contributed by atoms with Gasteiger partial charge in [-0.15, -0.1) is 0 Å². The Morgan fingerprint density at radius 1 is 1.00 bits per heavy atom. The van der Waals surface area contributed by atoms with E-state index in [0.29, 0.717) is 22.4 Å². The van der Waals surface area contributed by atoms with Gasteiger partial charge in [-0.2, -0.15) is 0 Å². The van der Waals surface area contributed by atoms with Crippen molar-refractivity contribution in [3.05, 3.63) is 71.8 Å². The van der Waals surface area contributed by atoms with Crippen LogP contribution in [-0.4, -0.2) is 34.3 Å². The Bertz CT molecular complexity index is 1420. The smallest absolute Gasteiger partial charge is 0.278 e. The molecule has 4 rings (SSSR count). The first-order valence-electron chi connectivity index (χ1n) is 10.2. The number of amides is 1. The first-order chi connectivity index (χ1) is 15.5. The lowest BCUT2D eigenvalue weighted by molar-refractivity contribution is 0.102. The van der Waals surface area contributed by atoms with Gasteiger partial charge in [-0.25, -0.2) is 18.4 Å². The minimum atomic E-state index is -3.82. The van der Waals surface area contributed by atoms with Crippen molar-refractivity contribution in [3.63, 3.8) is 0 Å². The molecule has 2 heterocycles. The molecule has 0 bridgehead atoms. The van der Waals surface area contributed by atoms with Gasteiger partial charge in [0.2, 0.25) is 5.95 Å². The maximum atomic E-state index is 12.9. The number of H-pyrrole nitrogens is 1. The van der Waals surface area contributed by atoms with E-state index in [2.05, 4.69) is 50.7 Å². The van der Waals surface area contributed by atoms with Gasteiger partial charge in [0.25, 0.3) is 15.9 Å². The van der Waals surface area contributed by atoms with Crippen LogP contribution in [0.5, 0.6) is 0 Å². The summed E-state index contributed by atoms with van der Waals surface area (Å²) >= 11 is 0. The van der Waals surface area contributed by atoms with Gasteiger partial charge in [0.05, 0.1) is 27.8 Å². The van der Waals surface area contributed by atoms with Crippen LogP contribution in [0.1, 0.15) is 42.5 Å². The van der Waals surface area contributed by atoms with E-state index in [4.69, 9.17) is 0 Å². The lowest BCUT2D eigenvalue weighted by atomic mass is 9.87. The fourth-order valence-electron chi connectivity index (χ4n) is 3.15. The third-order valence-electron chi connectivity index (χ3n) is 5.01. The van der Waals surface area contributed by atoms with Gasteiger partial charge in [0.1, 0.15) is 5.69 Å². The number of aryl methyl sites for hydroxylation is 1. The molecule has 9 nitrogen and oxygen atoms in total. The topological polar surface area (TPSA) is 130 Å². The number of carbonyl (C=O) groups excluding carboxylic acids is 1. The lowest BCUT2D eigenvalue weighted by Gasteiger charge is -2.19. The molecule has 0 aliphatic rings. The molecule has 0 aliphatic carbocycles. The summed E-state index contributed by atoms with van der Waals surface area (Å²) < 4.78 is 28.4. The second kappa shape index (κ2) is 8.28. The number of nitrogens with one attached hydrogen (secondary N) is 3. The normalized spacial score (nSPS) is 12.0. The highest BCUT2D eigenvalue weighted by Gasteiger charge is 2.18. The molecule has 0 unspecified atom stereocenters. The van der Waals surface area contributed by atoms with Crippen LogP contribution in [0, 0.1) is 6.92 Å². The van der Waals surface area contributed by atoms with Crippen molar-refractivity contribution >= 4 is 38.6 Å². The molecular formula is C23H24N6O3S. The molecule has 0 aliphatic heterocycles. The molecule has 2 aromatic carbocycles. The Balaban J connectivity index is 1.53. The number of hydrogen-bond donors (Lipinski definition) is 3. The van der Waals surface area contributed by atoms with Gasteiger partial charge in [0, 0.05) is 11.9 Å². The number of hydrogen-bond acceptors (Lipinski definition) is 6. The lowest BCUT2D eigenvalue weighted by Crippen LogP contribution is -2.15. The van der Waals surface area contributed by atoms with Gasteiger partial charge >= 0.3 is 0 Å². The number of aromatic nitrogens is 4. The van der Waals surface area contributed by atoms with Crippen LogP contribution in [0.15, 0.2) is 59.8 Å². The van der Waals surface area contributed by atoms with E-state index in [1.807, 2.05) is 12.1 Å². The highest BCUT2D eigenvalue weighted by Crippen LogP contribution is 2.25. The third kappa shape index (κ3) is 5.01. The molecule has 33 heavy (non-hydrogen) atoms. The number of benzene rings is 2. The number of sulfonamides is 1. The second-order valence-corrected chi connectivity index (χ2v) is 10.4. The number of aromatic amines is 1. The molecule has 0 saturated heterocycles. The zero-order chi connectivity index (χ0) is 23.8. The number of nitrogens with zero attached hydrogens (tertiary/aromatic N) is 3. The van der Waals surface area contributed by atoms with E-state index in [9.17, 15) is 13.2 Å². The predicted molar refractivity (Wildman–Crippen MR) is 127 cm³/mol. The zero-order valence-corrected chi connectivity index (χ0v) is 19.5. The van der Waals surface area contributed by atoms with E-state index in [1.54, 1.807) is 25.1 Å². The summed E-state index contributed by atoms with van der Waals surface area (Å²) in [6.07, 6.45) is 2.87. The van der Waals surface area contributed by atoms with Crippen LogP contribution in [0.3, 0.4) is 0 Å². The third-order valence-corrected chi connectivity index (χ3v) is 6.39. The minimum Gasteiger partial charge on any atom is -0.324 e. The van der Waals surface area contributed by atoms with Crippen LogP contribution < -0.4 is 10.0 Å². The predicted octanol–water partition coefficient (Wildman–Crippen LogP) is 4.01. The fourth-order valence-corrected chi connectivity index (χ4v) is 4.23. The first kappa shape index (κ1) is 22.4. The molecular weight excluding hydrogens is 440 g/mol. The summed E-state index contributed by atoms with van der Waals surface area (Å²) in [5.41, 5.74) is 3.37. The summed E-state index contributed by atoms with van der Waals surface area (Å²) in [5, 5.41) is 2.61. The van der Waals surface area contributed by atoms with Crippen molar-refractivity contribution in [2.24, 2.45) is 0 Å². The summed E-state index contributed by atoms with van der Waals surface area (Å²) in [7, 11) is -3.82. The van der Waals surface area contributed by atoms with E-state index in [1.165, 1.54) is 24.5 Å². The highest BCUT2D eigenvalue weighted by atomic mass is 32.2. The average molecular weight is 465 g/mol. The quantitative estimate of drug-likeness (QED) is 0.409. The molecule has 170 valence electrons. The summed E-state index contributed by atoms with van der Waals surface area (Å²) in [6, 6.07) is 11.8. The van der Waals surface area contributed by atoms with Crippen LogP contribution in [0.25, 0.3) is 11.0 Å². The molecule has 10 heteroatoms. The fraction of sp³-hybridized carbons (Fsp3) is 0.217. The van der Waals surface area contributed by atoms with Gasteiger partial charge in [-0.1, -0.05) is 32.9 Å². The average Bonchev–Trinajstić information content (AvgIpc) is 3.15. The number of rotatable bonds is 5. The van der Waals surface area contributed by atoms with Crippen molar-refractivity contribution in [3.8, 4) is 0 Å². The van der Waals surface area contributed by atoms with Crippen molar-refractivity contribution in [1.29, 1.82) is 0 Å². The minimum absolute atomic E-state index is 0.0256. The second-order valence-electron chi connectivity index (χ2n) is 8.69. The molecule has 0 saturated carbocycles. The largest absolute Gasteiger partial charge is 0.324 e. The van der Waals surface area contributed by atoms with Gasteiger partial charge in [0.15, 0.2) is 0 Å². The molecule has 3 N–H and O–H groups in total. The molecule has 0 fully saturated rings. The summed E-state index contributed by atoms with van der Waals surface area (Å²) in [6.45, 7) is 8.05. The Labute approximate surface area is 191 Å². The van der Waals surface area contributed by atoms with Crippen LogP contribution in [0.4, 0.5) is 11.6 Å². The monoisotopic (exact) mass is 464 g/mol. The van der Waals surface area contributed by atoms with Crippen LogP contribution in [0.2, 0.25) is 0 Å². The number of imidazole rings is 1.